The van der Waals surface area contributed by atoms with Crippen LogP contribution in [0.1, 0.15) is 35.3 Å². The van der Waals surface area contributed by atoms with Crippen LogP contribution in [-0.2, 0) is 9.53 Å². The molecular formula is C29H35FN4O6. The number of amides is 3. The summed E-state index contributed by atoms with van der Waals surface area (Å²) in [6, 6.07) is 9.77. The minimum atomic E-state index is -0.768. The summed E-state index contributed by atoms with van der Waals surface area (Å²) in [5, 5.41) is 2.91. The molecule has 214 valence electrons. The molecular weight excluding hydrogens is 519 g/mol. The van der Waals surface area contributed by atoms with Crippen molar-refractivity contribution in [2.24, 2.45) is 0 Å². The number of hydrogen-bond acceptors (Lipinski definition) is 7. The number of hydrogen-bond donors (Lipinski definition) is 1. The molecule has 0 saturated carbocycles. The molecule has 1 saturated heterocycles. The second kappa shape index (κ2) is 12.8. The van der Waals surface area contributed by atoms with Crippen molar-refractivity contribution in [3.63, 3.8) is 0 Å². The van der Waals surface area contributed by atoms with Crippen LogP contribution in [0.3, 0.4) is 0 Å². The highest BCUT2D eigenvalue weighted by Crippen LogP contribution is 2.36. The van der Waals surface area contributed by atoms with E-state index in [1.165, 1.54) is 37.3 Å². The van der Waals surface area contributed by atoms with Gasteiger partial charge in [0.1, 0.15) is 5.82 Å². The number of rotatable bonds is 8. The summed E-state index contributed by atoms with van der Waals surface area (Å²) in [5.41, 5.74) is 1.80. The smallest absolute Gasteiger partial charge is 0.338 e. The fourth-order valence-electron chi connectivity index (χ4n) is 5.03. The van der Waals surface area contributed by atoms with Crippen molar-refractivity contribution in [2.75, 3.05) is 60.6 Å². The third-order valence-electron chi connectivity index (χ3n) is 7.13. The predicted octanol–water partition coefficient (Wildman–Crippen LogP) is 3.20. The molecule has 2 aromatic rings. The van der Waals surface area contributed by atoms with E-state index in [-0.39, 0.29) is 18.5 Å². The second-order valence-corrected chi connectivity index (χ2v) is 9.57. The normalized spacial score (nSPS) is 18.2. The fraction of sp³-hybridized carbons (Fsp3) is 0.414. The molecule has 10 nitrogen and oxygen atoms in total. The number of urea groups is 1. The van der Waals surface area contributed by atoms with E-state index in [9.17, 15) is 18.8 Å². The minimum absolute atomic E-state index is 0.173. The van der Waals surface area contributed by atoms with Crippen molar-refractivity contribution in [1.29, 1.82) is 0 Å². The summed E-state index contributed by atoms with van der Waals surface area (Å²) in [6.07, 6.45) is 0.679. The van der Waals surface area contributed by atoms with E-state index in [2.05, 4.69) is 10.2 Å². The summed E-state index contributed by atoms with van der Waals surface area (Å²) in [6.45, 7) is 4.29. The van der Waals surface area contributed by atoms with Crippen LogP contribution < -0.4 is 14.8 Å². The lowest BCUT2D eigenvalue weighted by atomic mass is 9.94. The molecule has 1 N–H and O–H groups in total. The van der Waals surface area contributed by atoms with Gasteiger partial charge in [-0.05, 0) is 49.2 Å². The monoisotopic (exact) mass is 554 g/mol. The number of nitrogens with one attached hydrogen (secondary N) is 1. The van der Waals surface area contributed by atoms with Gasteiger partial charge in [-0.1, -0.05) is 12.1 Å². The van der Waals surface area contributed by atoms with Gasteiger partial charge in [0, 0.05) is 51.0 Å². The van der Waals surface area contributed by atoms with Crippen LogP contribution in [0.4, 0.5) is 9.18 Å². The van der Waals surface area contributed by atoms with Gasteiger partial charge in [0.25, 0.3) is 5.91 Å². The van der Waals surface area contributed by atoms with Crippen molar-refractivity contribution in [2.45, 2.75) is 19.4 Å². The van der Waals surface area contributed by atoms with Gasteiger partial charge in [-0.15, -0.1) is 0 Å². The first-order valence-corrected chi connectivity index (χ1v) is 13.2. The van der Waals surface area contributed by atoms with Crippen molar-refractivity contribution in [3.8, 4) is 11.5 Å². The Hall–Kier alpha value is -4.12. The van der Waals surface area contributed by atoms with E-state index in [4.69, 9.17) is 14.2 Å². The van der Waals surface area contributed by atoms with Crippen LogP contribution in [0.25, 0.3) is 0 Å². The zero-order chi connectivity index (χ0) is 28.8. The van der Waals surface area contributed by atoms with Crippen molar-refractivity contribution in [1.82, 2.24) is 20.0 Å². The highest BCUT2D eigenvalue weighted by Gasteiger charge is 2.38. The van der Waals surface area contributed by atoms with E-state index in [1.54, 1.807) is 43.1 Å². The summed E-state index contributed by atoms with van der Waals surface area (Å²) >= 11 is 0. The quantitative estimate of drug-likeness (QED) is 0.500. The van der Waals surface area contributed by atoms with Gasteiger partial charge < -0.3 is 24.4 Å². The SMILES string of the molecule is CCOC(=O)C1=C(CN2CCCN(C(=O)c3cccc(F)c3)CC2)N(C)C(=O)NC1c1ccc(OC)c(OC)c1. The second-order valence-electron chi connectivity index (χ2n) is 9.57. The topological polar surface area (TPSA) is 101 Å². The zero-order valence-electron chi connectivity index (χ0n) is 23.2. The molecule has 0 aliphatic carbocycles. The third-order valence-corrected chi connectivity index (χ3v) is 7.13. The third kappa shape index (κ3) is 6.20. The summed E-state index contributed by atoms with van der Waals surface area (Å²) < 4.78 is 29.9. The average molecular weight is 555 g/mol. The number of esters is 1. The van der Waals surface area contributed by atoms with Crippen LogP contribution in [-0.4, -0.2) is 93.2 Å². The molecule has 0 radical (unpaired) electrons. The zero-order valence-corrected chi connectivity index (χ0v) is 23.2. The number of likely N-dealkylation sites (N-methyl/N-ethyl adjacent to an activating group) is 1. The number of ether oxygens (including phenoxy) is 3. The molecule has 1 atom stereocenters. The maximum atomic E-state index is 13.7. The van der Waals surface area contributed by atoms with Crippen LogP contribution in [0.5, 0.6) is 11.5 Å². The minimum Gasteiger partial charge on any atom is -0.493 e. The van der Waals surface area contributed by atoms with Gasteiger partial charge in [-0.25, -0.2) is 14.0 Å². The van der Waals surface area contributed by atoms with E-state index in [0.29, 0.717) is 73.0 Å². The van der Waals surface area contributed by atoms with Crippen LogP contribution >= 0.6 is 0 Å². The lowest BCUT2D eigenvalue weighted by molar-refractivity contribution is -0.139. The molecule has 0 aromatic heterocycles. The molecule has 40 heavy (non-hydrogen) atoms. The maximum absolute atomic E-state index is 13.7. The number of methoxy groups -OCH3 is 2. The Morgan fingerprint density at radius 2 is 1.80 bits per heavy atom. The van der Waals surface area contributed by atoms with Gasteiger partial charge in [-0.2, -0.15) is 0 Å². The number of halogens is 1. The van der Waals surface area contributed by atoms with Gasteiger partial charge >= 0.3 is 12.0 Å². The van der Waals surface area contributed by atoms with E-state index in [0.717, 1.165) is 0 Å². The number of nitrogens with zero attached hydrogens (tertiary/aromatic N) is 3. The van der Waals surface area contributed by atoms with Gasteiger partial charge in [0.15, 0.2) is 11.5 Å². The molecule has 2 heterocycles. The standard InChI is InChI=1S/C29H35FN4O6/c1-5-40-28(36)25-22(32(2)29(37)31-26(25)19-10-11-23(38-3)24(17-19)39-4)18-33-12-7-13-34(15-14-33)27(35)20-8-6-9-21(30)16-20/h6,8-11,16-17,26H,5,7,12-15,18H2,1-4H3,(H,31,37). The molecule has 4 rings (SSSR count). The molecule has 0 spiro atoms. The first kappa shape index (κ1) is 28.9. The molecule has 11 heteroatoms. The van der Waals surface area contributed by atoms with Gasteiger partial charge in [0.05, 0.1) is 32.4 Å². The molecule has 0 bridgehead atoms. The fourth-order valence-corrected chi connectivity index (χ4v) is 5.03. The van der Waals surface area contributed by atoms with Crippen molar-refractivity contribution in [3.05, 3.63) is 70.7 Å². The average Bonchev–Trinajstić information content (AvgIpc) is 3.20. The number of benzene rings is 2. The van der Waals surface area contributed by atoms with Crippen LogP contribution in [0, 0.1) is 5.82 Å². The lowest BCUT2D eigenvalue weighted by Gasteiger charge is -2.36. The highest BCUT2D eigenvalue weighted by atomic mass is 19.1. The summed E-state index contributed by atoms with van der Waals surface area (Å²) in [4.78, 5) is 44.7. The van der Waals surface area contributed by atoms with Gasteiger partial charge in [-0.3, -0.25) is 14.6 Å². The Balaban J connectivity index is 1.63. The largest absolute Gasteiger partial charge is 0.493 e. The lowest BCUT2D eigenvalue weighted by Crippen LogP contribution is -2.49. The molecule has 1 fully saturated rings. The predicted molar refractivity (Wildman–Crippen MR) is 146 cm³/mol. The summed E-state index contributed by atoms with van der Waals surface area (Å²) in [7, 11) is 4.67. The first-order valence-electron chi connectivity index (χ1n) is 13.2. The van der Waals surface area contributed by atoms with Crippen molar-refractivity contribution < 1.29 is 33.0 Å². The maximum Gasteiger partial charge on any atom is 0.338 e. The Labute approximate surface area is 233 Å². The molecule has 1 unspecified atom stereocenters. The van der Waals surface area contributed by atoms with E-state index < -0.39 is 17.8 Å². The molecule has 3 amide bonds. The number of carbonyl (C=O) groups excluding carboxylic acids is 3. The van der Waals surface area contributed by atoms with Crippen LogP contribution in [0.15, 0.2) is 53.7 Å². The van der Waals surface area contributed by atoms with E-state index in [1.807, 2.05) is 0 Å². The van der Waals surface area contributed by atoms with Gasteiger partial charge in [0.2, 0.25) is 0 Å². The van der Waals surface area contributed by atoms with E-state index >= 15 is 0 Å². The highest BCUT2D eigenvalue weighted by molar-refractivity contribution is 5.95. The Morgan fingerprint density at radius 3 is 2.50 bits per heavy atom. The molecule has 2 aliphatic heterocycles. The van der Waals surface area contributed by atoms with Crippen molar-refractivity contribution >= 4 is 17.9 Å². The van der Waals surface area contributed by atoms with Crippen LogP contribution in [0.2, 0.25) is 0 Å². The molecule has 2 aromatic carbocycles. The number of carbonyl (C=O) groups is 3. The Kier molecular flexibility index (Phi) is 9.26. The Bertz CT molecular complexity index is 1300. The summed E-state index contributed by atoms with van der Waals surface area (Å²) in [5.74, 6) is -0.219. The Morgan fingerprint density at radius 1 is 1.02 bits per heavy atom. The first-order chi connectivity index (χ1) is 19.3. The molecule has 2 aliphatic rings.